The Balaban J connectivity index is 1.67. The molecule has 4 heteroatoms. The lowest BCUT2D eigenvalue weighted by Crippen LogP contribution is -2.43. The van der Waals surface area contributed by atoms with E-state index in [4.69, 9.17) is 4.74 Å². The topological polar surface area (TPSA) is 38.3 Å². The van der Waals surface area contributed by atoms with E-state index in [0.717, 1.165) is 41.5 Å². The number of piperidine rings is 1. The standard InChI is InChI=1S/C20H22BrNO2/c21-18-8-4-5-16(15-18)9-10-19(23)24-20(11-13-22-14-12-20)17-6-2-1-3-7-17/h1-8,15,22H,9-14H2. The van der Waals surface area contributed by atoms with Crippen LogP contribution in [0.15, 0.2) is 59.1 Å². The number of ether oxygens (including phenoxy) is 1. The van der Waals surface area contributed by atoms with Crippen molar-refractivity contribution in [2.45, 2.75) is 31.3 Å². The Labute approximate surface area is 151 Å². The summed E-state index contributed by atoms with van der Waals surface area (Å²) in [6.45, 7) is 1.74. The largest absolute Gasteiger partial charge is 0.454 e. The maximum atomic E-state index is 12.5. The molecule has 1 N–H and O–H groups in total. The third-order valence-corrected chi connectivity index (χ3v) is 5.02. The highest BCUT2D eigenvalue weighted by molar-refractivity contribution is 9.10. The van der Waals surface area contributed by atoms with Crippen molar-refractivity contribution < 1.29 is 9.53 Å². The number of aryl methyl sites for hydroxylation is 1. The van der Waals surface area contributed by atoms with Gasteiger partial charge in [-0.2, -0.15) is 0 Å². The molecule has 126 valence electrons. The molecule has 0 bridgehead atoms. The van der Waals surface area contributed by atoms with Crippen LogP contribution in [0.2, 0.25) is 0 Å². The van der Waals surface area contributed by atoms with Crippen LogP contribution in [0.1, 0.15) is 30.4 Å². The van der Waals surface area contributed by atoms with Crippen molar-refractivity contribution >= 4 is 21.9 Å². The predicted octanol–water partition coefficient (Wildman–Crippen LogP) is 4.20. The molecule has 1 aliphatic heterocycles. The molecule has 0 spiro atoms. The molecule has 2 aromatic rings. The van der Waals surface area contributed by atoms with Gasteiger partial charge in [-0.15, -0.1) is 0 Å². The van der Waals surface area contributed by atoms with Gasteiger partial charge in [0.15, 0.2) is 0 Å². The predicted molar refractivity (Wildman–Crippen MR) is 98.8 cm³/mol. The van der Waals surface area contributed by atoms with E-state index in [1.54, 1.807) is 0 Å². The highest BCUT2D eigenvalue weighted by Gasteiger charge is 2.37. The summed E-state index contributed by atoms with van der Waals surface area (Å²) in [4.78, 5) is 12.5. The zero-order valence-corrected chi connectivity index (χ0v) is 15.2. The van der Waals surface area contributed by atoms with Crippen LogP contribution in [0.5, 0.6) is 0 Å². The summed E-state index contributed by atoms with van der Waals surface area (Å²) >= 11 is 3.46. The van der Waals surface area contributed by atoms with Crippen molar-refractivity contribution in [2.24, 2.45) is 0 Å². The van der Waals surface area contributed by atoms with Crippen LogP contribution in [0.4, 0.5) is 0 Å². The lowest BCUT2D eigenvalue weighted by atomic mass is 9.84. The lowest BCUT2D eigenvalue weighted by Gasteiger charge is -2.37. The summed E-state index contributed by atoms with van der Waals surface area (Å²) in [5.41, 5.74) is 1.75. The second kappa shape index (κ2) is 7.95. The number of hydrogen-bond donors (Lipinski definition) is 1. The second-order valence-corrected chi connectivity index (χ2v) is 7.13. The molecule has 0 saturated carbocycles. The Morgan fingerprint density at radius 3 is 2.54 bits per heavy atom. The number of halogens is 1. The fraction of sp³-hybridized carbons (Fsp3) is 0.350. The van der Waals surface area contributed by atoms with Gasteiger partial charge >= 0.3 is 5.97 Å². The van der Waals surface area contributed by atoms with Gasteiger partial charge in [-0.3, -0.25) is 4.79 Å². The molecule has 1 heterocycles. The monoisotopic (exact) mass is 387 g/mol. The quantitative estimate of drug-likeness (QED) is 0.781. The van der Waals surface area contributed by atoms with Crippen molar-refractivity contribution in [1.29, 1.82) is 0 Å². The molecule has 0 aliphatic carbocycles. The molecule has 3 rings (SSSR count). The molecular formula is C20H22BrNO2. The maximum Gasteiger partial charge on any atom is 0.307 e. The highest BCUT2D eigenvalue weighted by atomic mass is 79.9. The van der Waals surface area contributed by atoms with Crippen molar-refractivity contribution in [3.63, 3.8) is 0 Å². The summed E-state index contributed by atoms with van der Waals surface area (Å²) < 4.78 is 7.06. The van der Waals surface area contributed by atoms with Gasteiger partial charge in [-0.1, -0.05) is 58.4 Å². The van der Waals surface area contributed by atoms with Gasteiger partial charge in [0.2, 0.25) is 0 Å². The third kappa shape index (κ3) is 4.25. The smallest absolute Gasteiger partial charge is 0.307 e. The minimum atomic E-state index is -0.485. The van der Waals surface area contributed by atoms with Gasteiger partial charge in [0, 0.05) is 23.7 Å². The molecule has 2 aromatic carbocycles. The molecule has 0 unspecified atom stereocenters. The molecule has 1 saturated heterocycles. The highest BCUT2D eigenvalue weighted by Crippen LogP contribution is 2.35. The minimum absolute atomic E-state index is 0.124. The molecule has 1 aliphatic rings. The summed E-state index contributed by atoms with van der Waals surface area (Å²) in [5, 5.41) is 3.35. The van der Waals surface area contributed by atoms with E-state index < -0.39 is 5.60 Å². The van der Waals surface area contributed by atoms with Crippen LogP contribution in [0, 0.1) is 0 Å². The molecule has 3 nitrogen and oxygen atoms in total. The van der Waals surface area contributed by atoms with Crippen molar-refractivity contribution in [2.75, 3.05) is 13.1 Å². The second-order valence-electron chi connectivity index (χ2n) is 6.21. The van der Waals surface area contributed by atoms with Gasteiger partial charge in [0.1, 0.15) is 5.60 Å². The van der Waals surface area contributed by atoms with E-state index in [9.17, 15) is 4.79 Å². The van der Waals surface area contributed by atoms with Crippen LogP contribution < -0.4 is 5.32 Å². The number of rotatable bonds is 5. The van der Waals surface area contributed by atoms with Crippen LogP contribution in [0.3, 0.4) is 0 Å². The molecule has 0 amide bonds. The van der Waals surface area contributed by atoms with E-state index >= 15 is 0 Å². The molecule has 0 atom stereocenters. The Morgan fingerprint density at radius 1 is 1.08 bits per heavy atom. The van der Waals surface area contributed by atoms with E-state index in [0.29, 0.717) is 12.8 Å². The summed E-state index contributed by atoms with van der Waals surface area (Å²) in [7, 11) is 0. The molecular weight excluding hydrogens is 366 g/mol. The first kappa shape index (κ1) is 17.2. The first-order valence-electron chi connectivity index (χ1n) is 8.40. The van der Waals surface area contributed by atoms with Crippen molar-refractivity contribution in [1.82, 2.24) is 5.32 Å². The molecule has 1 fully saturated rings. The normalized spacial score (nSPS) is 16.5. The zero-order chi connectivity index (χ0) is 16.8. The van der Waals surface area contributed by atoms with Gasteiger partial charge in [-0.05, 0) is 42.8 Å². The number of carbonyl (C=O) groups is 1. The van der Waals surface area contributed by atoms with Crippen LogP contribution >= 0.6 is 15.9 Å². The number of carbonyl (C=O) groups excluding carboxylic acids is 1. The average molecular weight is 388 g/mol. The van der Waals surface area contributed by atoms with Crippen molar-refractivity contribution in [3.8, 4) is 0 Å². The van der Waals surface area contributed by atoms with Gasteiger partial charge in [0.25, 0.3) is 0 Å². The van der Waals surface area contributed by atoms with E-state index in [-0.39, 0.29) is 5.97 Å². The van der Waals surface area contributed by atoms with Crippen LogP contribution in [-0.4, -0.2) is 19.1 Å². The van der Waals surface area contributed by atoms with Gasteiger partial charge in [-0.25, -0.2) is 0 Å². The summed E-state index contributed by atoms with van der Waals surface area (Å²) in [5.74, 6) is -0.124. The fourth-order valence-electron chi connectivity index (χ4n) is 3.23. The number of hydrogen-bond acceptors (Lipinski definition) is 3. The number of esters is 1. The molecule has 24 heavy (non-hydrogen) atoms. The SMILES string of the molecule is O=C(CCc1cccc(Br)c1)OC1(c2ccccc2)CCNCC1. The van der Waals surface area contributed by atoms with Gasteiger partial charge in [0.05, 0.1) is 0 Å². The van der Waals surface area contributed by atoms with Crippen LogP contribution in [0.25, 0.3) is 0 Å². The fourth-order valence-corrected chi connectivity index (χ4v) is 3.68. The van der Waals surface area contributed by atoms with E-state index in [2.05, 4.69) is 33.4 Å². The lowest BCUT2D eigenvalue weighted by molar-refractivity contribution is -0.164. The first-order chi connectivity index (χ1) is 11.7. The first-order valence-corrected chi connectivity index (χ1v) is 9.20. The number of nitrogens with one attached hydrogen (secondary N) is 1. The van der Waals surface area contributed by atoms with E-state index in [1.807, 2.05) is 42.5 Å². The Morgan fingerprint density at radius 2 is 1.83 bits per heavy atom. The number of benzene rings is 2. The molecule has 0 aromatic heterocycles. The Bertz CT molecular complexity index is 681. The Hall–Kier alpha value is -1.65. The maximum absolute atomic E-state index is 12.5. The molecule has 0 radical (unpaired) electrons. The minimum Gasteiger partial charge on any atom is -0.454 e. The van der Waals surface area contributed by atoms with Crippen LogP contribution in [-0.2, 0) is 21.6 Å². The average Bonchev–Trinajstić information content (AvgIpc) is 2.62. The summed E-state index contributed by atoms with van der Waals surface area (Å²) in [6, 6.07) is 18.2. The summed E-state index contributed by atoms with van der Waals surface area (Å²) in [6.07, 6.45) is 2.74. The zero-order valence-electron chi connectivity index (χ0n) is 13.6. The Kier molecular flexibility index (Phi) is 5.69. The van der Waals surface area contributed by atoms with Gasteiger partial charge < -0.3 is 10.1 Å². The van der Waals surface area contributed by atoms with Crippen molar-refractivity contribution in [3.05, 3.63) is 70.2 Å². The van der Waals surface area contributed by atoms with E-state index in [1.165, 1.54) is 0 Å². The third-order valence-electron chi connectivity index (χ3n) is 4.53.